The van der Waals surface area contributed by atoms with Gasteiger partial charge in [-0.3, -0.25) is 4.55 Å². The molecule has 1 rings (SSSR count). The van der Waals surface area contributed by atoms with Crippen molar-refractivity contribution < 1.29 is 22.9 Å². The van der Waals surface area contributed by atoms with E-state index in [0.29, 0.717) is 12.2 Å². The molecule has 1 aromatic carbocycles. The normalized spacial score (nSPS) is 11.2. The summed E-state index contributed by atoms with van der Waals surface area (Å²) in [4.78, 5) is 10.5. The number of carboxylic acids is 1. The lowest BCUT2D eigenvalue weighted by atomic mass is 10.2. The first-order chi connectivity index (χ1) is 7.86. The van der Waals surface area contributed by atoms with E-state index < -0.39 is 21.0 Å². The lowest BCUT2D eigenvalue weighted by Crippen LogP contribution is -2.09. The van der Waals surface area contributed by atoms with Crippen LogP contribution in [-0.4, -0.2) is 30.6 Å². The van der Waals surface area contributed by atoms with Gasteiger partial charge in [-0.25, -0.2) is 4.79 Å². The quantitative estimate of drug-likeness (QED) is 0.691. The Morgan fingerprint density at radius 1 is 1.41 bits per heavy atom. The fourth-order valence-corrected chi connectivity index (χ4v) is 1.78. The van der Waals surface area contributed by atoms with Crippen LogP contribution in [0.25, 0.3) is 0 Å². The lowest BCUT2D eigenvalue weighted by Gasteiger charge is -2.09. The van der Waals surface area contributed by atoms with Gasteiger partial charge in [0, 0.05) is 12.2 Å². The maximum absolute atomic E-state index is 10.9. The second kappa shape index (κ2) is 5.15. The van der Waals surface area contributed by atoms with Crippen molar-refractivity contribution in [3.8, 4) is 0 Å². The summed E-state index contributed by atoms with van der Waals surface area (Å²) in [5.41, 5.74) is 0.139. The number of carboxylic acid groups (broad SMARTS) is 1. The molecule has 0 atom stereocenters. The molecule has 0 saturated carbocycles. The Kier molecular flexibility index (Phi) is 4.08. The van der Waals surface area contributed by atoms with Crippen molar-refractivity contribution in [2.45, 2.75) is 18.2 Å². The van der Waals surface area contributed by atoms with Gasteiger partial charge in [-0.2, -0.15) is 8.42 Å². The highest BCUT2D eigenvalue weighted by molar-refractivity contribution is 7.85. The molecule has 0 aliphatic heterocycles. The summed E-state index contributed by atoms with van der Waals surface area (Å²) in [6.07, 6.45) is 0.805. The topological polar surface area (TPSA) is 104 Å². The van der Waals surface area contributed by atoms with E-state index in [1.165, 1.54) is 6.07 Å². The van der Waals surface area contributed by atoms with Crippen LogP contribution in [0.15, 0.2) is 23.1 Å². The van der Waals surface area contributed by atoms with Crippen molar-refractivity contribution in [2.75, 3.05) is 11.9 Å². The van der Waals surface area contributed by atoms with Gasteiger partial charge < -0.3 is 10.4 Å². The van der Waals surface area contributed by atoms with Gasteiger partial charge in [-0.15, -0.1) is 0 Å². The molecule has 0 heterocycles. The average Bonchev–Trinajstić information content (AvgIpc) is 2.24. The highest BCUT2D eigenvalue weighted by Gasteiger charge is 2.16. The summed E-state index contributed by atoms with van der Waals surface area (Å²) in [7, 11) is -4.39. The smallest absolute Gasteiger partial charge is 0.337 e. The summed E-state index contributed by atoms with van der Waals surface area (Å²) in [6.45, 7) is 2.49. The van der Waals surface area contributed by atoms with E-state index in [-0.39, 0.29) is 5.56 Å². The van der Waals surface area contributed by atoms with Crippen molar-refractivity contribution >= 4 is 21.8 Å². The van der Waals surface area contributed by atoms with Gasteiger partial charge in [0.15, 0.2) is 0 Å². The third kappa shape index (κ3) is 3.43. The fraction of sp³-hybridized carbons (Fsp3) is 0.300. The van der Waals surface area contributed by atoms with Crippen molar-refractivity contribution in [2.24, 2.45) is 0 Å². The molecule has 17 heavy (non-hydrogen) atoms. The molecule has 1 aromatic rings. The average molecular weight is 259 g/mol. The maximum Gasteiger partial charge on any atom is 0.337 e. The van der Waals surface area contributed by atoms with Gasteiger partial charge in [0.05, 0.1) is 10.5 Å². The number of benzene rings is 1. The van der Waals surface area contributed by atoms with E-state index >= 15 is 0 Å². The molecule has 0 aliphatic rings. The van der Waals surface area contributed by atoms with Crippen LogP contribution in [0.3, 0.4) is 0 Å². The third-order valence-electron chi connectivity index (χ3n) is 2.08. The molecule has 6 nitrogen and oxygen atoms in total. The van der Waals surface area contributed by atoms with Gasteiger partial charge in [0.25, 0.3) is 10.1 Å². The third-order valence-corrected chi connectivity index (χ3v) is 2.93. The molecule has 0 amide bonds. The monoisotopic (exact) mass is 259 g/mol. The van der Waals surface area contributed by atoms with Crippen molar-refractivity contribution in [3.05, 3.63) is 23.8 Å². The minimum Gasteiger partial charge on any atom is -0.478 e. The number of carbonyl (C=O) groups is 1. The molecule has 7 heteroatoms. The molecular weight excluding hydrogens is 246 g/mol. The molecule has 0 unspecified atom stereocenters. The standard InChI is InChI=1S/C10H13NO5S/c1-2-5-11-9-4-3-7(17(14,15)16)6-8(9)10(12)13/h3-4,6,11H,2,5H2,1H3,(H,12,13)(H,14,15,16). The van der Waals surface area contributed by atoms with E-state index in [1.54, 1.807) is 0 Å². The molecular formula is C10H13NO5S. The van der Waals surface area contributed by atoms with Crippen LogP contribution in [0.1, 0.15) is 23.7 Å². The second-order valence-electron chi connectivity index (χ2n) is 3.41. The van der Waals surface area contributed by atoms with Gasteiger partial charge in [0.2, 0.25) is 0 Å². The summed E-state index contributed by atoms with van der Waals surface area (Å²) in [5, 5.41) is 11.8. The molecule has 3 N–H and O–H groups in total. The first-order valence-electron chi connectivity index (χ1n) is 4.95. The predicted octanol–water partition coefficient (Wildman–Crippen LogP) is 1.45. The molecule has 0 aromatic heterocycles. The predicted molar refractivity (Wildman–Crippen MR) is 62.0 cm³/mol. The van der Waals surface area contributed by atoms with Crippen LogP contribution in [0.4, 0.5) is 5.69 Å². The zero-order valence-electron chi connectivity index (χ0n) is 9.17. The number of nitrogens with one attached hydrogen (secondary N) is 1. The summed E-state index contributed by atoms with van der Waals surface area (Å²) >= 11 is 0. The first-order valence-corrected chi connectivity index (χ1v) is 6.39. The molecule has 0 bridgehead atoms. The van der Waals surface area contributed by atoms with E-state index in [4.69, 9.17) is 9.66 Å². The Bertz CT molecular complexity index is 523. The van der Waals surface area contributed by atoms with E-state index in [0.717, 1.165) is 18.6 Å². The van der Waals surface area contributed by atoms with Crippen molar-refractivity contribution in [1.29, 1.82) is 0 Å². The Labute approximate surface area is 99.0 Å². The van der Waals surface area contributed by atoms with Crippen LogP contribution in [0, 0.1) is 0 Å². The van der Waals surface area contributed by atoms with Crippen LogP contribution < -0.4 is 5.32 Å². The fourth-order valence-electron chi connectivity index (χ4n) is 1.27. The summed E-state index contributed by atoms with van der Waals surface area (Å²) in [5.74, 6) is -1.26. The zero-order chi connectivity index (χ0) is 13.1. The van der Waals surface area contributed by atoms with E-state index in [1.807, 2.05) is 6.92 Å². The highest BCUT2D eigenvalue weighted by atomic mass is 32.2. The molecule has 0 radical (unpaired) electrons. The van der Waals surface area contributed by atoms with Gasteiger partial charge in [0.1, 0.15) is 0 Å². The van der Waals surface area contributed by atoms with Crippen molar-refractivity contribution in [1.82, 2.24) is 0 Å². The van der Waals surface area contributed by atoms with Gasteiger partial charge in [-0.1, -0.05) is 6.92 Å². The van der Waals surface area contributed by atoms with Crippen LogP contribution in [-0.2, 0) is 10.1 Å². The first kappa shape index (κ1) is 13.5. The lowest BCUT2D eigenvalue weighted by molar-refractivity contribution is 0.0697. The molecule has 0 saturated heterocycles. The zero-order valence-corrected chi connectivity index (χ0v) is 9.99. The number of hydrogen-bond acceptors (Lipinski definition) is 4. The van der Waals surface area contributed by atoms with Gasteiger partial charge >= 0.3 is 5.97 Å². The Balaban J connectivity index is 3.22. The summed E-state index contributed by atoms with van der Waals surface area (Å²) in [6, 6.07) is 3.40. The minimum atomic E-state index is -4.39. The van der Waals surface area contributed by atoms with Crippen LogP contribution in [0.2, 0.25) is 0 Å². The Morgan fingerprint density at radius 3 is 2.53 bits per heavy atom. The minimum absolute atomic E-state index is 0.187. The maximum atomic E-state index is 10.9. The highest BCUT2D eigenvalue weighted by Crippen LogP contribution is 2.20. The number of rotatable bonds is 5. The molecule has 0 aliphatic carbocycles. The number of hydrogen-bond donors (Lipinski definition) is 3. The van der Waals surface area contributed by atoms with E-state index in [2.05, 4.69) is 5.32 Å². The van der Waals surface area contributed by atoms with E-state index in [9.17, 15) is 13.2 Å². The van der Waals surface area contributed by atoms with Crippen molar-refractivity contribution in [3.63, 3.8) is 0 Å². The summed E-state index contributed by atoms with van der Waals surface area (Å²) < 4.78 is 30.6. The number of anilines is 1. The van der Waals surface area contributed by atoms with Crippen LogP contribution >= 0.6 is 0 Å². The van der Waals surface area contributed by atoms with Gasteiger partial charge in [-0.05, 0) is 24.6 Å². The number of aromatic carboxylic acids is 1. The Hall–Kier alpha value is -1.60. The molecule has 94 valence electrons. The van der Waals surface area contributed by atoms with Crippen LogP contribution in [0.5, 0.6) is 0 Å². The molecule has 0 fully saturated rings. The Morgan fingerprint density at radius 2 is 2.06 bits per heavy atom. The molecule has 0 spiro atoms. The largest absolute Gasteiger partial charge is 0.478 e. The second-order valence-corrected chi connectivity index (χ2v) is 4.84. The SMILES string of the molecule is CCCNc1ccc(S(=O)(=O)O)cc1C(=O)O.